The molecule has 162 valence electrons. The van der Waals surface area contributed by atoms with E-state index in [2.05, 4.69) is 10.3 Å². The summed E-state index contributed by atoms with van der Waals surface area (Å²) >= 11 is 6.19. The molecule has 0 amide bonds. The van der Waals surface area contributed by atoms with Crippen LogP contribution in [-0.4, -0.2) is 35.1 Å². The van der Waals surface area contributed by atoms with Crippen molar-refractivity contribution in [1.29, 1.82) is 0 Å². The first-order chi connectivity index (χ1) is 14.9. The van der Waals surface area contributed by atoms with Crippen LogP contribution in [0.15, 0.2) is 36.5 Å². The molecule has 0 radical (unpaired) electrons. The van der Waals surface area contributed by atoms with Gasteiger partial charge in [0.25, 0.3) is 0 Å². The fourth-order valence-corrected chi connectivity index (χ4v) is 4.37. The fourth-order valence-electron chi connectivity index (χ4n) is 4.16. The highest BCUT2D eigenvalue weighted by atomic mass is 35.5. The van der Waals surface area contributed by atoms with E-state index in [1.807, 2.05) is 18.2 Å². The SMILES string of the molecule is COc1cc(-c2ccc3ncc(C(C)=O)c(NC4CCC(N)CC4)c3c2)cc(Cl)c1O. The Bertz CT molecular complexity index is 1140. The van der Waals surface area contributed by atoms with Crippen molar-refractivity contribution in [1.82, 2.24) is 4.98 Å². The van der Waals surface area contributed by atoms with E-state index < -0.39 is 0 Å². The van der Waals surface area contributed by atoms with Crippen molar-refractivity contribution in [2.45, 2.75) is 44.7 Å². The molecule has 4 rings (SSSR count). The molecule has 7 heteroatoms. The van der Waals surface area contributed by atoms with E-state index in [1.54, 1.807) is 25.3 Å². The summed E-state index contributed by atoms with van der Waals surface area (Å²) in [6.45, 7) is 1.55. The highest BCUT2D eigenvalue weighted by Gasteiger charge is 2.22. The summed E-state index contributed by atoms with van der Waals surface area (Å²) in [4.78, 5) is 16.9. The minimum absolute atomic E-state index is 0.0378. The van der Waals surface area contributed by atoms with Crippen LogP contribution in [0.1, 0.15) is 43.0 Å². The number of phenols is 1. The summed E-state index contributed by atoms with van der Waals surface area (Å²) in [7, 11) is 1.48. The van der Waals surface area contributed by atoms with E-state index in [-0.39, 0.29) is 28.6 Å². The quantitative estimate of drug-likeness (QED) is 0.475. The minimum atomic E-state index is -0.0906. The van der Waals surface area contributed by atoms with Gasteiger partial charge in [-0.2, -0.15) is 0 Å². The molecule has 0 spiro atoms. The van der Waals surface area contributed by atoms with Crippen LogP contribution < -0.4 is 15.8 Å². The van der Waals surface area contributed by atoms with E-state index in [9.17, 15) is 9.90 Å². The molecule has 1 aromatic heterocycles. The second kappa shape index (κ2) is 8.73. The van der Waals surface area contributed by atoms with Crippen LogP contribution in [0.25, 0.3) is 22.0 Å². The number of halogens is 1. The number of fused-ring (bicyclic) bond motifs is 1. The Morgan fingerprint density at radius 3 is 2.61 bits per heavy atom. The number of nitrogens with two attached hydrogens (primary N) is 1. The number of benzene rings is 2. The number of aromatic hydroxyl groups is 1. The van der Waals surface area contributed by atoms with Gasteiger partial charge in [0.2, 0.25) is 0 Å². The van der Waals surface area contributed by atoms with Crippen molar-refractivity contribution >= 4 is 34.0 Å². The second-order valence-corrected chi connectivity index (χ2v) is 8.51. The van der Waals surface area contributed by atoms with Gasteiger partial charge in [0.05, 0.1) is 28.9 Å². The van der Waals surface area contributed by atoms with Gasteiger partial charge >= 0.3 is 0 Å². The third-order valence-corrected chi connectivity index (χ3v) is 6.24. The van der Waals surface area contributed by atoms with Crippen molar-refractivity contribution in [2.75, 3.05) is 12.4 Å². The Labute approximate surface area is 186 Å². The van der Waals surface area contributed by atoms with Crippen LogP contribution in [0.2, 0.25) is 5.02 Å². The predicted molar refractivity (Wildman–Crippen MR) is 124 cm³/mol. The van der Waals surface area contributed by atoms with Crippen molar-refractivity contribution in [3.63, 3.8) is 0 Å². The second-order valence-electron chi connectivity index (χ2n) is 8.10. The van der Waals surface area contributed by atoms with Crippen LogP contribution in [0, 0.1) is 0 Å². The topological polar surface area (TPSA) is 97.5 Å². The number of rotatable bonds is 5. The van der Waals surface area contributed by atoms with Crippen molar-refractivity contribution in [2.24, 2.45) is 5.73 Å². The summed E-state index contributed by atoms with van der Waals surface area (Å²) in [5, 5.41) is 14.7. The number of ketones is 1. The van der Waals surface area contributed by atoms with Gasteiger partial charge in [0.15, 0.2) is 17.3 Å². The molecule has 0 aliphatic heterocycles. The first-order valence-corrected chi connectivity index (χ1v) is 10.8. The zero-order valence-electron chi connectivity index (χ0n) is 17.6. The lowest BCUT2D eigenvalue weighted by molar-refractivity contribution is 0.101. The van der Waals surface area contributed by atoms with Crippen LogP contribution in [-0.2, 0) is 0 Å². The number of hydrogen-bond donors (Lipinski definition) is 3. The fraction of sp³-hybridized carbons (Fsp3) is 0.333. The van der Waals surface area contributed by atoms with Crippen molar-refractivity contribution in [3.05, 3.63) is 47.1 Å². The third kappa shape index (κ3) is 4.31. The summed E-state index contributed by atoms with van der Waals surface area (Å²) < 4.78 is 5.24. The maximum absolute atomic E-state index is 12.4. The van der Waals surface area contributed by atoms with E-state index in [0.717, 1.165) is 53.4 Å². The van der Waals surface area contributed by atoms with E-state index in [1.165, 1.54) is 7.11 Å². The van der Waals surface area contributed by atoms with E-state index in [0.29, 0.717) is 11.3 Å². The van der Waals surface area contributed by atoms with Crippen molar-refractivity contribution < 1.29 is 14.6 Å². The first-order valence-electron chi connectivity index (χ1n) is 10.4. The Kier molecular flexibility index (Phi) is 6.03. The molecule has 0 atom stereocenters. The molecule has 1 saturated carbocycles. The third-order valence-electron chi connectivity index (χ3n) is 5.95. The smallest absolute Gasteiger partial charge is 0.176 e. The molecule has 2 aromatic carbocycles. The number of phenolic OH excluding ortho intramolecular Hbond substituents is 1. The van der Waals surface area contributed by atoms with Gasteiger partial charge in [-0.05, 0) is 68.0 Å². The number of aromatic nitrogens is 1. The molecule has 0 saturated heterocycles. The average molecular weight is 440 g/mol. The molecule has 1 aliphatic carbocycles. The van der Waals surface area contributed by atoms with Gasteiger partial charge in [-0.15, -0.1) is 0 Å². The lowest BCUT2D eigenvalue weighted by Crippen LogP contribution is -2.33. The van der Waals surface area contributed by atoms with Crippen LogP contribution >= 0.6 is 11.6 Å². The van der Waals surface area contributed by atoms with Crippen molar-refractivity contribution in [3.8, 4) is 22.6 Å². The monoisotopic (exact) mass is 439 g/mol. The molecular formula is C24H26ClN3O3. The number of Topliss-reactive ketones (excluding diaryl/α,β-unsaturated/α-hetero) is 1. The molecule has 1 heterocycles. The number of pyridine rings is 1. The van der Waals surface area contributed by atoms with Crippen LogP contribution in [0.3, 0.4) is 0 Å². The molecule has 0 unspecified atom stereocenters. The zero-order chi connectivity index (χ0) is 22.1. The van der Waals surface area contributed by atoms with Gasteiger partial charge in [0.1, 0.15) is 0 Å². The molecule has 4 N–H and O–H groups in total. The normalized spacial score (nSPS) is 18.7. The number of ether oxygens (including phenoxy) is 1. The Morgan fingerprint density at radius 1 is 1.19 bits per heavy atom. The lowest BCUT2D eigenvalue weighted by Gasteiger charge is -2.28. The van der Waals surface area contributed by atoms with Gasteiger partial charge in [-0.25, -0.2) is 0 Å². The first kappa shape index (κ1) is 21.4. The summed E-state index contributed by atoms with van der Waals surface area (Å²) in [5.41, 5.74) is 9.90. The summed E-state index contributed by atoms with van der Waals surface area (Å²) in [6, 6.07) is 9.79. The van der Waals surface area contributed by atoms with Gasteiger partial charge < -0.3 is 20.9 Å². The van der Waals surface area contributed by atoms with Gasteiger partial charge in [0, 0.05) is 23.7 Å². The van der Waals surface area contributed by atoms with Gasteiger partial charge in [-0.3, -0.25) is 9.78 Å². The number of hydrogen-bond acceptors (Lipinski definition) is 6. The number of anilines is 1. The Balaban J connectivity index is 1.82. The van der Waals surface area contributed by atoms with E-state index >= 15 is 0 Å². The maximum Gasteiger partial charge on any atom is 0.176 e. The highest BCUT2D eigenvalue weighted by molar-refractivity contribution is 6.32. The predicted octanol–water partition coefficient (Wildman–Crippen LogP) is 5.15. The Hall–Kier alpha value is -2.83. The largest absolute Gasteiger partial charge is 0.503 e. The lowest BCUT2D eigenvalue weighted by atomic mass is 9.91. The molecule has 6 nitrogen and oxygen atoms in total. The molecule has 0 bridgehead atoms. The number of methoxy groups -OCH3 is 1. The van der Waals surface area contributed by atoms with Crippen LogP contribution in [0.4, 0.5) is 5.69 Å². The number of nitrogens with one attached hydrogen (secondary N) is 1. The summed E-state index contributed by atoms with van der Waals surface area (Å²) in [6.07, 6.45) is 5.50. The molecule has 1 aliphatic rings. The number of nitrogens with zero attached hydrogens (tertiary/aromatic N) is 1. The molecule has 3 aromatic rings. The number of carbonyl (C=O) groups is 1. The molecule has 31 heavy (non-hydrogen) atoms. The molecular weight excluding hydrogens is 414 g/mol. The standard InChI is InChI=1S/C24H26ClN3O3/c1-13(29)19-12-27-21-8-3-14(15-10-20(25)24(30)22(11-15)31-2)9-18(21)23(19)28-17-6-4-16(26)5-7-17/h3,8-12,16-17,30H,4-7,26H2,1-2H3,(H,27,28). The maximum atomic E-state index is 12.4. The van der Waals surface area contributed by atoms with Gasteiger partial charge in [-0.1, -0.05) is 17.7 Å². The molecule has 1 fully saturated rings. The zero-order valence-corrected chi connectivity index (χ0v) is 18.4. The Morgan fingerprint density at radius 2 is 1.94 bits per heavy atom. The summed E-state index contributed by atoms with van der Waals surface area (Å²) in [5.74, 6) is 0.173. The highest BCUT2D eigenvalue weighted by Crippen LogP contribution is 2.40. The average Bonchev–Trinajstić information content (AvgIpc) is 2.76. The van der Waals surface area contributed by atoms with Crippen LogP contribution in [0.5, 0.6) is 11.5 Å². The minimum Gasteiger partial charge on any atom is -0.503 e. The van der Waals surface area contributed by atoms with E-state index in [4.69, 9.17) is 22.1 Å². The number of carbonyl (C=O) groups excluding carboxylic acids is 1.